The summed E-state index contributed by atoms with van der Waals surface area (Å²) in [6.07, 6.45) is -5.48. The number of alkyl halides is 3. The van der Waals surface area contributed by atoms with Gasteiger partial charge in [0.25, 0.3) is 0 Å². The highest BCUT2D eigenvalue weighted by Gasteiger charge is 2.59. The van der Waals surface area contributed by atoms with Crippen LogP contribution < -0.4 is 4.72 Å². The summed E-state index contributed by atoms with van der Waals surface area (Å²) in [6.45, 7) is 0.0638. The van der Waals surface area contributed by atoms with Crippen molar-refractivity contribution < 1.29 is 40.3 Å². The molecule has 1 aromatic rings. The van der Waals surface area contributed by atoms with Crippen LogP contribution in [0.3, 0.4) is 0 Å². The van der Waals surface area contributed by atoms with Crippen LogP contribution in [0.2, 0.25) is 0 Å². The first-order valence-electron chi connectivity index (χ1n) is 5.10. The largest absolute Gasteiger partial charge is 0.480 e. The van der Waals surface area contributed by atoms with Gasteiger partial charge >= 0.3 is 12.1 Å². The first-order chi connectivity index (χ1) is 9.31. The van der Waals surface area contributed by atoms with Gasteiger partial charge in [0.05, 0.1) is 0 Å². The van der Waals surface area contributed by atoms with Crippen LogP contribution in [0.4, 0.5) is 22.0 Å². The Hall–Kier alpha value is -1.75. The Balaban J connectivity index is 3.35. The molecule has 0 aliphatic carbocycles. The highest BCUT2D eigenvalue weighted by Crippen LogP contribution is 2.32. The van der Waals surface area contributed by atoms with Gasteiger partial charge in [-0.1, -0.05) is 0 Å². The van der Waals surface area contributed by atoms with Crippen molar-refractivity contribution in [2.75, 3.05) is 0 Å². The van der Waals surface area contributed by atoms with Crippen molar-refractivity contribution in [1.82, 2.24) is 4.72 Å². The third-order valence-corrected chi connectivity index (χ3v) is 4.10. The van der Waals surface area contributed by atoms with Gasteiger partial charge in [0, 0.05) is 6.07 Å². The van der Waals surface area contributed by atoms with Gasteiger partial charge < -0.3 is 5.11 Å². The molecule has 0 aromatic heterocycles. The maximum Gasteiger partial charge on any atom is 0.418 e. The summed E-state index contributed by atoms with van der Waals surface area (Å²) >= 11 is 0. The van der Waals surface area contributed by atoms with Crippen molar-refractivity contribution in [3.05, 3.63) is 29.8 Å². The number of rotatable bonds is 4. The molecule has 1 atom stereocenters. The van der Waals surface area contributed by atoms with Crippen LogP contribution in [0, 0.1) is 11.6 Å². The molecule has 2 N–H and O–H groups in total. The van der Waals surface area contributed by atoms with Gasteiger partial charge in [0.1, 0.15) is 16.5 Å². The maximum atomic E-state index is 13.3. The summed E-state index contributed by atoms with van der Waals surface area (Å²) in [7, 11) is -5.19. The van der Waals surface area contributed by atoms with Crippen LogP contribution in [0.5, 0.6) is 0 Å². The Morgan fingerprint density at radius 1 is 1.24 bits per heavy atom. The molecular formula is C10H8F5NO4S. The van der Waals surface area contributed by atoms with Crippen LogP contribution in [-0.4, -0.2) is 31.2 Å². The van der Waals surface area contributed by atoms with E-state index in [2.05, 4.69) is 0 Å². The van der Waals surface area contributed by atoms with Crippen LogP contribution in [-0.2, 0) is 14.8 Å². The minimum atomic E-state index is -5.48. The number of sulfonamides is 1. The standard InChI is InChI=1S/C10H8F5NO4S/c1-9(8(17)18,10(13,14)15)16-21(19,20)7-3-2-5(11)4-6(7)12/h2-4,16H,1H3,(H,17,18). The predicted octanol–water partition coefficient (Wildman–Crippen LogP) is 1.65. The number of hydrogen-bond acceptors (Lipinski definition) is 3. The van der Waals surface area contributed by atoms with Crippen molar-refractivity contribution in [3.63, 3.8) is 0 Å². The van der Waals surface area contributed by atoms with Gasteiger partial charge in [-0.2, -0.15) is 17.9 Å². The smallest absolute Gasteiger partial charge is 0.418 e. The Bertz CT molecular complexity index is 673. The van der Waals surface area contributed by atoms with E-state index >= 15 is 0 Å². The molecule has 5 nitrogen and oxygen atoms in total. The number of aliphatic carboxylic acids is 1. The fraction of sp³-hybridized carbons (Fsp3) is 0.300. The second kappa shape index (κ2) is 5.22. The maximum absolute atomic E-state index is 13.3. The zero-order chi connectivity index (χ0) is 16.6. The molecule has 0 saturated heterocycles. The molecule has 0 fully saturated rings. The third kappa shape index (κ3) is 3.29. The lowest BCUT2D eigenvalue weighted by molar-refractivity contribution is -0.201. The molecule has 0 bridgehead atoms. The van der Waals surface area contributed by atoms with E-state index in [1.807, 2.05) is 0 Å². The molecule has 0 aliphatic rings. The SMILES string of the molecule is CC(NS(=O)(=O)c1ccc(F)cc1F)(C(=O)O)C(F)(F)F. The second-order valence-electron chi connectivity index (χ2n) is 4.11. The second-order valence-corrected chi connectivity index (χ2v) is 5.76. The number of carboxylic acids is 1. The van der Waals surface area contributed by atoms with E-state index in [9.17, 15) is 35.2 Å². The topological polar surface area (TPSA) is 83.5 Å². The number of nitrogens with one attached hydrogen (secondary N) is 1. The van der Waals surface area contributed by atoms with E-state index < -0.39 is 44.2 Å². The Morgan fingerprint density at radius 3 is 2.14 bits per heavy atom. The molecule has 0 radical (unpaired) electrons. The van der Waals surface area contributed by atoms with Crippen molar-refractivity contribution in [3.8, 4) is 0 Å². The average molecular weight is 333 g/mol. The van der Waals surface area contributed by atoms with E-state index in [0.29, 0.717) is 12.1 Å². The Kier molecular flexibility index (Phi) is 4.30. The first-order valence-corrected chi connectivity index (χ1v) is 6.59. The molecule has 1 aromatic carbocycles. The van der Waals surface area contributed by atoms with Gasteiger partial charge in [0.2, 0.25) is 15.6 Å². The fourth-order valence-corrected chi connectivity index (χ4v) is 2.65. The summed E-state index contributed by atoms with van der Waals surface area (Å²) in [5.74, 6) is -5.33. The van der Waals surface area contributed by atoms with E-state index in [1.165, 1.54) is 0 Å². The molecule has 0 amide bonds. The van der Waals surface area contributed by atoms with E-state index in [0.717, 1.165) is 4.72 Å². The molecule has 0 spiro atoms. The highest BCUT2D eigenvalue weighted by molar-refractivity contribution is 7.89. The summed E-state index contributed by atoms with van der Waals surface area (Å²) in [5, 5.41) is 8.59. The van der Waals surface area contributed by atoms with Gasteiger partial charge in [-0.25, -0.2) is 22.0 Å². The number of carbonyl (C=O) groups is 1. The zero-order valence-electron chi connectivity index (χ0n) is 10.2. The Labute approximate surface area is 115 Å². The number of hydrogen-bond donors (Lipinski definition) is 2. The van der Waals surface area contributed by atoms with Crippen LogP contribution >= 0.6 is 0 Å². The third-order valence-electron chi connectivity index (χ3n) is 2.52. The predicted molar refractivity (Wildman–Crippen MR) is 58.8 cm³/mol. The number of carboxylic acid groups (broad SMARTS) is 1. The summed E-state index contributed by atoms with van der Waals surface area (Å²) in [6, 6.07) is 1.02. The van der Waals surface area contributed by atoms with Crippen molar-refractivity contribution >= 4 is 16.0 Å². The Morgan fingerprint density at radius 2 is 1.76 bits per heavy atom. The molecule has 11 heteroatoms. The van der Waals surface area contributed by atoms with Crippen molar-refractivity contribution in [2.45, 2.75) is 23.5 Å². The van der Waals surface area contributed by atoms with Crippen LogP contribution in [0.25, 0.3) is 0 Å². The van der Waals surface area contributed by atoms with Gasteiger partial charge in [-0.3, -0.25) is 0 Å². The lowest BCUT2D eigenvalue weighted by Gasteiger charge is -2.28. The first kappa shape index (κ1) is 17.3. The van der Waals surface area contributed by atoms with E-state index in [-0.39, 0.29) is 13.0 Å². The number of halogens is 5. The summed E-state index contributed by atoms with van der Waals surface area (Å²) < 4.78 is 88.4. The van der Waals surface area contributed by atoms with E-state index in [1.54, 1.807) is 0 Å². The van der Waals surface area contributed by atoms with Gasteiger partial charge in [0.15, 0.2) is 0 Å². The monoisotopic (exact) mass is 333 g/mol. The molecule has 1 rings (SSSR count). The lowest BCUT2D eigenvalue weighted by Crippen LogP contribution is -2.61. The molecule has 0 heterocycles. The quantitative estimate of drug-likeness (QED) is 0.821. The zero-order valence-corrected chi connectivity index (χ0v) is 11.0. The molecule has 1 unspecified atom stereocenters. The number of benzene rings is 1. The van der Waals surface area contributed by atoms with Crippen molar-refractivity contribution in [1.29, 1.82) is 0 Å². The highest BCUT2D eigenvalue weighted by atomic mass is 32.2. The molecule has 0 saturated carbocycles. The van der Waals surface area contributed by atoms with Crippen molar-refractivity contribution in [2.24, 2.45) is 0 Å². The molecule has 118 valence electrons. The average Bonchev–Trinajstić information content (AvgIpc) is 2.25. The normalized spacial score (nSPS) is 15.5. The minimum Gasteiger partial charge on any atom is -0.480 e. The summed E-state index contributed by atoms with van der Waals surface area (Å²) in [4.78, 5) is 9.41. The van der Waals surface area contributed by atoms with E-state index in [4.69, 9.17) is 5.11 Å². The lowest BCUT2D eigenvalue weighted by atomic mass is 10.0. The molecular weight excluding hydrogens is 325 g/mol. The van der Waals surface area contributed by atoms with Crippen LogP contribution in [0.15, 0.2) is 23.1 Å². The van der Waals surface area contributed by atoms with Gasteiger partial charge in [-0.05, 0) is 19.1 Å². The molecule has 0 aliphatic heterocycles. The minimum absolute atomic E-state index is 0.0638. The summed E-state index contributed by atoms with van der Waals surface area (Å²) in [5.41, 5.74) is -3.87. The van der Waals surface area contributed by atoms with Crippen LogP contribution in [0.1, 0.15) is 6.92 Å². The van der Waals surface area contributed by atoms with Gasteiger partial charge in [-0.15, -0.1) is 0 Å². The molecule has 21 heavy (non-hydrogen) atoms. The fourth-order valence-electron chi connectivity index (χ4n) is 1.24.